The molecule has 0 fully saturated rings. The summed E-state index contributed by atoms with van der Waals surface area (Å²) in [4.78, 5) is 87.8. The summed E-state index contributed by atoms with van der Waals surface area (Å²) < 4.78 is 159. The predicted molar refractivity (Wildman–Crippen MR) is 222 cm³/mol. The van der Waals surface area contributed by atoms with Crippen LogP contribution in [0, 0.1) is 22.7 Å². The summed E-state index contributed by atoms with van der Waals surface area (Å²) in [6, 6.07) is 0. The van der Waals surface area contributed by atoms with Crippen molar-refractivity contribution in [2.24, 2.45) is 22.7 Å². The molecule has 406 valence electrons. The second-order valence-corrected chi connectivity index (χ2v) is 16.2. The SMILES string of the molecule is CCC(C)(C)C(=O)OCCOC(=O)C(C)(F)F.CCC(C)(C)C(=O)OCCOC(=O)C(F)(F)CC(F)F.CCC(C)C(=O)OCCOC(=O)C(C)(F)F.CCC(C)C(=O)OCCOC(=O)C(C)(F)F. The zero-order chi connectivity index (χ0) is 55.2. The lowest BCUT2D eigenvalue weighted by molar-refractivity contribution is -0.180. The molecule has 0 aliphatic rings. The number of hydrogen-bond donors (Lipinski definition) is 0. The van der Waals surface area contributed by atoms with Gasteiger partial charge in [-0.3, -0.25) is 19.2 Å². The van der Waals surface area contributed by atoms with Gasteiger partial charge in [-0.2, -0.15) is 35.1 Å². The molecule has 0 N–H and O–H groups in total. The monoisotopic (exact) mass is 1030 g/mol. The summed E-state index contributed by atoms with van der Waals surface area (Å²) in [5, 5.41) is 0. The van der Waals surface area contributed by atoms with Crippen molar-refractivity contribution in [2.75, 3.05) is 52.9 Å². The van der Waals surface area contributed by atoms with E-state index < -0.39 is 108 Å². The van der Waals surface area contributed by atoms with E-state index in [1.807, 2.05) is 20.8 Å². The number of carbonyl (C=O) groups is 8. The van der Waals surface area contributed by atoms with Crippen LogP contribution in [0.1, 0.15) is 122 Å². The van der Waals surface area contributed by atoms with Gasteiger partial charge in [-0.05, 0) is 53.4 Å². The fourth-order valence-corrected chi connectivity index (χ4v) is 3.15. The van der Waals surface area contributed by atoms with E-state index in [0.29, 0.717) is 46.5 Å². The minimum atomic E-state index is -4.25. The van der Waals surface area contributed by atoms with Gasteiger partial charge >= 0.3 is 71.4 Å². The molecule has 0 saturated carbocycles. The van der Waals surface area contributed by atoms with Crippen molar-refractivity contribution in [3.8, 4) is 0 Å². The maximum atomic E-state index is 12.8. The quantitative estimate of drug-likeness (QED) is 0.0344. The fraction of sp³-hybridized carbons (Fsp3) is 0.814. The summed E-state index contributed by atoms with van der Waals surface area (Å²) in [6.45, 7) is 15.9. The maximum absolute atomic E-state index is 12.8. The van der Waals surface area contributed by atoms with Crippen molar-refractivity contribution in [2.45, 2.75) is 152 Å². The van der Waals surface area contributed by atoms with Crippen LogP contribution in [0.4, 0.5) is 43.9 Å². The van der Waals surface area contributed by atoms with Crippen LogP contribution in [0.15, 0.2) is 0 Å². The third kappa shape index (κ3) is 34.9. The smallest absolute Gasteiger partial charge is 0.377 e. The molecule has 16 nitrogen and oxygen atoms in total. The van der Waals surface area contributed by atoms with Gasteiger partial charge in [-0.25, -0.2) is 28.0 Å². The van der Waals surface area contributed by atoms with Crippen LogP contribution < -0.4 is 0 Å². The summed E-state index contributed by atoms with van der Waals surface area (Å²) in [5.41, 5.74) is -1.36. The predicted octanol–water partition coefficient (Wildman–Crippen LogP) is 8.51. The van der Waals surface area contributed by atoms with E-state index in [1.165, 1.54) is 0 Å². The molecule has 0 aromatic heterocycles. The van der Waals surface area contributed by atoms with Crippen LogP contribution in [0.5, 0.6) is 0 Å². The molecular weight excluding hydrogens is 962 g/mol. The summed E-state index contributed by atoms with van der Waals surface area (Å²) in [7, 11) is 0. The van der Waals surface area contributed by atoms with Crippen LogP contribution in [-0.4, -0.2) is 131 Å². The molecule has 2 unspecified atom stereocenters. The second-order valence-electron chi connectivity index (χ2n) is 16.2. The highest BCUT2D eigenvalue weighted by Gasteiger charge is 2.43. The Bertz CT molecular complexity index is 1520. The molecule has 0 radical (unpaired) electrons. The van der Waals surface area contributed by atoms with Crippen LogP contribution in [0.2, 0.25) is 0 Å². The van der Waals surface area contributed by atoms with Gasteiger partial charge in [0.1, 0.15) is 52.9 Å². The van der Waals surface area contributed by atoms with Gasteiger partial charge in [-0.15, -0.1) is 0 Å². The van der Waals surface area contributed by atoms with E-state index in [4.69, 9.17) is 18.9 Å². The Morgan fingerprint density at radius 1 is 0.377 bits per heavy atom. The molecule has 69 heavy (non-hydrogen) atoms. The minimum absolute atomic E-state index is 0.203. The number of rotatable bonds is 26. The Morgan fingerprint density at radius 3 is 0.797 bits per heavy atom. The molecule has 0 spiro atoms. The second kappa shape index (κ2) is 33.6. The number of hydrogen-bond acceptors (Lipinski definition) is 16. The first-order chi connectivity index (χ1) is 31.2. The molecular formula is C43H68F10O16. The Hall–Kier alpha value is -4.94. The molecule has 0 amide bonds. The van der Waals surface area contributed by atoms with Crippen LogP contribution in [0.25, 0.3) is 0 Å². The van der Waals surface area contributed by atoms with E-state index in [0.717, 1.165) is 0 Å². The van der Waals surface area contributed by atoms with Crippen LogP contribution in [-0.2, 0) is 76.3 Å². The van der Waals surface area contributed by atoms with Gasteiger partial charge in [0, 0.05) is 20.8 Å². The number of halogens is 10. The Labute approximate surface area is 395 Å². The highest BCUT2D eigenvalue weighted by Crippen LogP contribution is 2.25. The average molecular weight is 1030 g/mol. The Kier molecular flexibility index (Phi) is 34.4. The van der Waals surface area contributed by atoms with E-state index in [2.05, 4.69) is 18.9 Å². The van der Waals surface area contributed by atoms with Gasteiger partial charge in [0.15, 0.2) is 0 Å². The van der Waals surface area contributed by atoms with Gasteiger partial charge < -0.3 is 37.9 Å². The molecule has 0 aliphatic heterocycles. The number of carbonyl (C=O) groups excluding carboxylic acids is 8. The van der Waals surface area contributed by atoms with Crippen molar-refractivity contribution >= 4 is 47.8 Å². The van der Waals surface area contributed by atoms with Crippen molar-refractivity contribution in [3.05, 3.63) is 0 Å². The molecule has 0 rings (SSSR count). The summed E-state index contributed by atoms with van der Waals surface area (Å²) in [6.07, 6.45) is -2.84. The zero-order valence-corrected chi connectivity index (χ0v) is 41.2. The van der Waals surface area contributed by atoms with Gasteiger partial charge in [-0.1, -0.05) is 41.5 Å². The molecule has 2 atom stereocenters. The molecule has 26 heteroatoms. The minimum Gasteiger partial charge on any atom is -0.462 e. The number of esters is 8. The zero-order valence-electron chi connectivity index (χ0n) is 41.2. The summed E-state index contributed by atoms with van der Waals surface area (Å²) >= 11 is 0. The first-order valence-electron chi connectivity index (χ1n) is 21.4. The Morgan fingerprint density at radius 2 is 0.594 bits per heavy atom. The van der Waals surface area contributed by atoms with Gasteiger partial charge in [0.2, 0.25) is 6.43 Å². The number of alkyl halides is 10. The van der Waals surface area contributed by atoms with E-state index in [9.17, 15) is 82.3 Å². The molecule has 0 aliphatic carbocycles. The Balaban J connectivity index is -0.000000410. The van der Waals surface area contributed by atoms with Crippen molar-refractivity contribution in [3.63, 3.8) is 0 Å². The summed E-state index contributed by atoms with van der Waals surface area (Å²) in [5.74, 6) is -24.1. The van der Waals surface area contributed by atoms with E-state index >= 15 is 0 Å². The lowest BCUT2D eigenvalue weighted by Gasteiger charge is -2.20. The molecule has 0 aromatic rings. The third-order valence-corrected chi connectivity index (χ3v) is 8.91. The first-order valence-corrected chi connectivity index (χ1v) is 21.4. The lowest BCUT2D eigenvalue weighted by atomic mass is 9.91. The van der Waals surface area contributed by atoms with Crippen LogP contribution >= 0.6 is 0 Å². The largest absolute Gasteiger partial charge is 0.462 e. The fourth-order valence-electron chi connectivity index (χ4n) is 3.15. The number of ether oxygens (including phenoxy) is 8. The average Bonchev–Trinajstić information content (AvgIpc) is 3.24. The molecule has 0 bridgehead atoms. The van der Waals surface area contributed by atoms with Crippen molar-refractivity contribution in [1.82, 2.24) is 0 Å². The lowest BCUT2D eigenvalue weighted by Crippen LogP contribution is -2.34. The topological polar surface area (TPSA) is 210 Å². The highest BCUT2D eigenvalue weighted by molar-refractivity contribution is 5.79. The first kappa shape index (κ1) is 70.6. The van der Waals surface area contributed by atoms with Crippen molar-refractivity contribution in [1.29, 1.82) is 0 Å². The molecule has 0 heterocycles. The normalized spacial score (nSPS) is 12.6. The standard InChI is InChI=1S/C12H18F4O4.C11H18F2O4.2C10H16F2O4/c1-4-11(2,3)9(17)19-5-6-20-10(18)12(15,16)7-8(13)14;1-5-10(2,3)8(14)16-6-7-17-9(15)11(4,12)13;2*1-4-7(2)8(13)15-5-6-16-9(14)10(3,11)12/h8H,4-7H2,1-3H3;5-7H2,1-4H3;2*7H,4-6H2,1-3H3. The van der Waals surface area contributed by atoms with E-state index in [-0.39, 0.29) is 51.5 Å². The van der Waals surface area contributed by atoms with Gasteiger partial charge in [0.25, 0.3) is 0 Å². The van der Waals surface area contributed by atoms with E-state index in [1.54, 1.807) is 48.5 Å². The third-order valence-electron chi connectivity index (χ3n) is 8.91. The van der Waals surface area contributed by atoms with Gasteiger partial charge in [0.05, 0.1) is 29.1 Å². The van der Waals surface area contributed by atoms with Crippen molar-refractivity contribution < 1.29 is 120 Å². The highest BCUT2D eigenvalue weighted by atomic mass is 19.3. The maximum Gasteiger partial charge on any atom is 0.377 e. The molecule has 0 aromatic carbocycles. The van der Waals surface area contributed by atoms with Crippen LogP contribution in [0.3, 0.4) is 0 Å². The molecule has 0 saturated heterocycles.